The number of hydrogen-bond acceptors (Lipinski definition) is 6. The maximum Gasteiger partial charge on any atom is 0.225 e. The van der Waals surface area contributed by atoms with Gasteiger partial charge in [-0.25, -0.2) is 4.68 Å². The summed E-state index contributed by atoms with van der Waals surface area (Å²) >= 11 is 1.43. The number of hydrogen-bond donors (Lipinski definition) is 2. The fraction of sp³-hybridized carbons (Fsp3) is 0.273. The fourth-order valence-electron chi connectivity index (χ4n) is 1.40. The largest absolute Gasteiger partial charge is 0.397 e. The van der Waals surface area contributed by atoms with Crippen LogP contribution in [-0.4, -0.2) is 31.9 Å². The number of thioether (sulfide) groups is 1. The van der Waals surface area contributed by atoms with Gasteiger partial charge in [0.05, 0.1) is 11.4 Å². The first-order chi connectivity index (χ1) is 9.16. The molecular formula is C11H14N6OS. The summed E-state index contributed by atoms with van der Waals surface area (Å²) in [5.74, 6) is 0.521. The van der Waals surface area contributed by atoms with Gasteiger partial charge in [0.15, 0.2) is 0 Å². The van der Waals surface area contributed by atoms with E-state index >= 15 is 0 Å². The summed E-state index contributed by atoms with van der Waals surface area (Å²) in [7, 11) is 1.76. The summed E-state index contributed by atoms with van der Waals surface area (Å²) in [5, 5.41) is 14.5. The lowest BCUT2D eigenvalue weighted by Crippen LogP contribution is -2.13. The van der Waals surface area contributed by atoms with E-state index in [2.05, 4.69) is 20.8 Å². The van der Waals surface area contributed by atoms with Gasteiger partial charge >= 0.3 is 0 Å². The number of carbonyl (C=O) groups is 1. The molecule has 0 atom stereocenters. The van der Waals surface area contributed by atoms with Crippen molar-refractivity contribution in [2.24, 2.45) is 7.05 Å². The van der Waals surface area contributed by atoms with Crippen molar-refractivity contribution in [3.05, 3.63) is 24.3 Å². The third-order valence-corrected chi connectivity index (χ3v) is 3.39. The Morgan fingerprint density at radius 2 is 2.26 bits per heavy atom. The molecule has 0 bridgehead atoms. The van der Waals surface area contributed by atoms with Crippen molar-refractivity contribution in [1.82, 2.24) is 20.2 Å². The van der Waals surface area contributed by atoms with Gasteiger partial charge in [0.1, 0.15) is 0 Å². The third-order valence-electron chi connectivity index (χ3n) is 2.38. The van der Waals surface area contributed by atoms with E-state index in [4.69, 9.17) is 5.73 Å². The van der Waals surface area contributed by atoms with Crippen LogP contribution in [0.5, 0.6) is 0 Å². The number of carbonyl (C=O) groups excluding carboxylic acids is 1. The normalized spacial score (nSPS) is 10.4. The van der Waals surface area contributed by atoms with E-state index in [9.17, 15) is 4.79 Å². The molecule has 3 N–H and O–H groups in total. The zero-order chi connectivity index (χ0) is 13.7. The van der Waals surface area contributed by atoms with Crippen molar-refractivity contribution in [2.45, 2.75) is 11.6 Å². The number of nitrogens with one attached hydrogen (secondary N) is 1. The van der Waals surface area contributed by atoms with E-state index in [0.29, 0.717) is 28.7 Å². The van der Waals surface area contributed by atoms with Crippen molar-refractivity contribution in [3.8, 4) is 0 Å². The van der Waals surface area contributed by atoms with Crippen LogP contribution in [0.3, 0.4) is 0 Å². The number of aromatic nitrogens is 4. The number of tetrazole rings is 1. The van der Waals surface area contributed by atoms with E-state index in [1.165, 1.54) is 11.8 Å². The first-order valence-electron chi connectivity index (χ1n) is 5.66. The molecule has 100 valence electrons. The predicted molar refractivity (Wildman–Crippen MR) is 73.6 cm³/mol. The van der Waals surface area contributed by atoms with Gasteiger partial charge in [-0.1, -0.05) is 23.9 Å². The lowest BCUT2D eigenvalue weighted by molar-refractivity contribution is -0.115. The first kappa shape index (κ1) is 13.3. The SMILES string of the molecule is Cn1nnnc1SCCC(=O)Nc1ccccc1N. The van der Waals surface area contributed by atoms with E-state index < -0.39 is 0 Å². The molecule has 1 heterocycles. The average Bonchev–Trinajstić information content (AvgIpc) is 2.78. The van der Waals surface area contributed by atoms with Gasteiger partial charge in [-0.2, -0.15) is 0 Å². The Balaban J connectivity index is 1.79. The van der Waals surface area contributed by atoms with Crippen molar-refractivity contribution in [3.63, 3.8) is 0 Å². The number of para-hydroxylation sites is 2. The number of benzene rings is 1. The van der Waals surface area contributed by atoms with E-state index in [-0.39, 0.29) is 5.91 Å². The van der Waals surface area contributed by atoms with Gasteiger partial charge in [0.2, 0.25) is 11.1 Å². The van der Waals surface area contributed by atoms with E-state index in [1.54, 1.807) is 23.9 Å². The molecular weight excluding hydrogens is 264 g/mol. The zero-order valence-electron chi connectivity index (χ0n) is 10.4. The van der Waals surface area contributed by atoms with Crippen LogP contribution >= 0.6 is 11.8 Å². The Bertz CT molecular complexity index is 570. The summed E-state index contributed by atoms with van der Waals surface area (Å²) in [6.45, 7) is 0. The Hall–Kier alpha value is -2.09. The lowest BCUT2D eigenvalue weighted by atomic mass is 10.2. The molecule has 19 heavy (non-hydrogen) atoms. The zero-order valence-corrected chi connectivity index (χ0v) is 11.2. The lowest BCUT2D eigenvalue weighted by Gasteiger charge is -2.07. The molecule has 8 heteroatoms. The number of anilines is 2. The summed E-state index contributed by atoms with van der Waals surface area (Å²) < 4.78 is 1.57. The van der Waals surface area contributed by atoms with Gasteiger partial charge in [-0.15, -0.1) is 5.10 Å². The van der Waals surface area contributed by atoms with E-state index in [0.717, 1.165) is 0 Å². The van der Waals surface area contributed by atoms with Gasteiger partial charge in [-0.3, -0.25) is 4.79 Å². The van der Waals surface area contributed by atoms with Crippen LogP contribution < -0.4 is 11.1 Å². The molecule has 0 saturated carbocycles. The number of rotatable bonds is 5. The minimum Gasteiger partial charge on any atom is -0.397 e. The molecule has 0 spiro atoms. The van der Waals surface area contributed by atoms with Crippen LogP contribution in [0.4, 0.5) is 11.4 Å². The first-order valence-corrected chi connectivity index (χ1v) is 6.65. The molecule has 0 aliphatic heterocycles. The number of nitrogens with two attached hydrogens (primary N) is 1. The summed E-state index contributed by atoms with van der Waals surface area (Å²) in [5.41, 5.74) is 6.94. The molecule has 1 amide bonds. The summed E-state index contributed by atoms with van der Waals surface area (Å²) in [6.07, 6.45) is 0.367. The maximum absolute atomic E-state index is 11.7. The highest BCUT2D eigenvalue weighted by atomic mass is 32.2. The predicted octanol–water partition coefficient (Wildman–Crippen LogP) is 0.913. The monoisotopic (exact) mass is 278 g/mol. The van der Waals surface area contributed by atoms with Crippen LogP contribution in [-0.2, 0) is 11.8 Å². The van der Waals surface area contributed by atoms with E-state index in [1.807, 2.05) is 12.1 Å². The molecule has 0 saturated heterocycles. The summed E-state index contributed by atoms with van der Waals surface area (Å²) in [4.78, 5) is 11.7. The minimum absolute atomic E-state index is 0.0828. The molecule has 0 unspecified atom stereocenters. The Morgan fingerprint density at radius 3 is 2.95 bits per heavy atom. The van der Waals surface area contributed by atoms with Crippen LogP contribution in [0.25, 0.3) is 0 Å². The molecule has 7 nitrogen and oxygen atoms in total. The molecule has 0 radical (unpaired) electrons. The van der Waals surface area contributed by atoms with Gasteiger partial charge < -0.3 is 11.1 Å². The quantitative estimate of drug-likeness (QED) is 0.623. The molecule has 0 aliphatic rings. The third kappa shape index (κ3) is 3.68. The highest BCUT2D eigenvalue weighted by Crippen LogP contribution is 2.18. The van der Waals surface area contributed by atoms with Gasteiger partial charge in [0.25, 0.3) is 0 Å². The molecule has 2 rings (SSSR count). The fourth-order valence-corrected chi connectivity index (χ4v) is 2.19. The van der Waals surface area contributed by atoms with Crippen molar-refractivity contribution < 1.29 is 4.79 Å². The topological polar surface area (TPSA) is 98.7 Å². The molecule has 0 aliphatic carbocycles. The van der Waals surface area contributed by atoms with Crippen molar-refractivity contribution >= 4 is 29.0 Å². The van der Waals surface area contributed by atoms with Crippen LogP contribution in [0.15, 0.2) is 29.4 Å². The highest BCUT2D eigenvalue weighted by Gasteiger charge is 2.07. The standard InChI is InChI=1S/C11H14N6OS/c1-17-11(14-15-16-17)19-7-6-10(18)13-9-5-3-2-4-8(9)12/h2-5H,6-7,12H2,1H3,(H,13,18). The minimum atomic E-state index is -0.0828. The second-order valence-corrected chi connectivity index (χ2v) is 4.88. The number of nitrogen functional groups attached to an aromatic ring is 1. The second-order valence-electron chi connectivity index (χ2n) is 3.82. The maximum atomic E-state index is 11.7. The van der Waals surface area contributed by atoms with Crippen LogP contribution in [0, 0.1) is 0 Å². The Morgan fingerprint density at radius 1 is 1.47 bits per heavy atom. The Kier molecular flexibility index (Phi) is 4.35. The average molecular weight is 278 g/mol. The second kappa shape index (κ2) is 6.19. The number of nitrogens with zero attached hydrogens (tertiary/aromatic N) is 4. The Labute approximate surface area is 114 Å². The van der Waals surface area contributed by atoms with Gasteiger partial charge in [-0.05, 0) is 22.6 Å². The number of amides is 1. The van der Waals surface area contributed by atoms with Crippen molar-refractivity contribution in [1.29, 1.82) is 0 Å². The van der Waals surface area contributed by atoms with Crippen molar-refractivity contribution in [2.75, 3.05) is 16.8 Å². The highest BCUT2D eigenvalue weighted by molar-refractivity contribution is 7.99. The molecule has 2 aromatic rings. The van der Waals surface area contributed by atoms with Crippen LogP contribution in [0.2, 0.25) is 0 Å². The molecule has 1 aromatic heterocycles. The smallest absolute Gasteiger partial charge is 0.225 e. The van der Waals surface area contributed by atoms with Crippen LogP contribution in [0.1, 0.15) is 6.42 Å². The number of aryl methyl sites for hydroxylation is 1. The molecule has 0 fully saturated rings. The van der Waals surface area contributed by atoms with Gasteiger partial charge in [0, 0.05) is 19.2 Å². The molecule has 1 aromatic carbocycles. The summed E-state index contributed by atoms with van der Waals surface area (Å²) in [6, 6.07) is 7.16.